The zero-order valence-corrected chi connectivity index (χ0v) is 17.1. The molecule has 0 rings (SSSR count). The number of esters is 2. The lowest BCUT2D eigenvalue weighted by Crippen LogP contribution is -2.26. The Morgan fingerprint density at radius 3 is 1.56 bits per heavy atom. The molecule has 0 unspecified atom stereocenters. The maximum Gasteiger partial charge on any atom is 0.331 e. The highest BCUT2D eigenvalue weighted by molar-refractivity contribution is 5.70. The average molecular weight is 389 g/mol. The van der Waals surface area contributed by atoms with E-state index in [1.54, 1.807) is 0 Å². The first kappa shape index (κ1) is 25.9. The van der Waals surface area contributed by atoms with E-state index in [-0.39, 0.29) is 19.2 Å². The Labute approximate surface area is 164 Å². The Morgan fingerprint density at radius 2 is 1.11 bits per heavy atom. The van der Waals surface area contributed by atoms with Gasteiger partial charge < -0.3 is 19.7 Å². The van der Waals surface area contributed by atoms with Gasteiger partial charge in [-0.25, -0.2) is 4.79 Å². The van der Waals surface area contributed by atoms with Crippen LogP contribution in [0, 0.1) is 0 Å². The van der Waals surface area contributed by atoms with Crippen molar-refractivity contribution in [3.05, 3.63) is 0 Å². The summed E-state index contributed by atoms with van der Waals surface area (Å²) in [5.74, 6) is -1.15. The third-order valence-electron chi connectivity index (χ3n) is 4.49. The van der Waals surface area contributed by atoms with Crippen LogP contribution >= 0.6 is 0 Å². The second-order valence-electron chi connectivity index (χ2n) is 7.17. The second-order valence-corrected chi connectivity index (χ2v) is 7.17. The molecule has 0 aromatic rings. The molecular formula is C21H40O6. The normalized spacial score (nSPS) is 12.0. The van der Waals surface area contributed by atoms with E-state index in [1.165, 1.54) is 64.2 Å². The van der Waals surface area contributed by atoms with Crippen LogP contribution in [0.4, 0.5) is 0 Å². The number of aliphatic hydroxyl groups is 2. The molecule has 27 heavy (non-hydrogen) atoms. The van der Waals surface area contributed by atoms with Crippen molar-refractivity contribution < 1.29 is 29.3 Å². The lowest BCUT2D eigenvalue weighted by molar-refractivity contribution is -0.154. The van der Waals surface area contributed by atoms with E-state index in [9.17, 15) is 14.7 Å². The van der Waals surface area contributed by atoms with Gasteiger partial charge in [0.05, 0.1) is 0 Å². The highest BCUT2D eigenvalue weighted by Crippen LogP contribution is 2.13. The summed E-state index contributed by atoms with van der Waals surface area (Å²) >= 11 is 0. The molecule has 160 valence electrons. The summed E-state index contributed by atoms with van der Waals surface area (Å²) < 4.78 is 9.47. The molecule has 0 bridgehead atoms. The summed E-state index contributed by atoms with van der Waals surface area (Å²) in [6, 6.07) is 0. The highest BCUT2D eigenvalue weighted by atomic mass is 16.6. The van der Waals surface area contributed by atoms with Crippen molar-refractivity contribution in [1.29, 1.82) is 0 Å². The van der Waals surface area contributed by atoms with E-state index < -0.39 is 18.7 Å². The molecule has 1 atom stereocenters. The van der Waals surface area contributed by atoms with Gasteiger partial charge in [-0.15, -0.1) is 0 Å². The zero-order valence-electron chi connectivity index (χ0n) is 17.1. The van der Waals surface area contributed by atoms with Crippen LogP contribution in [-0.2, 0) is 19.1 Å². The predicted molar refractivity (Wildman–Crippen MR) is 105 cm³/mol. The predicted octanol–water partition coefficient (Wildman–Crippen LogP) is 3.91. The lowest BCUT2D eigenvalue weighted by atomic mass is 10.0. The van der Waals surface area contributed by atoms with E-state index in [4.69, 9.17) is 9.84 Å². The third-order valence-corrected chi connectivity index (χ3v) is 4.49. The number of hydrogen-bond acceptors (Lipinski definition) is 6. The first-order valence-electron chi connectivity index (χ1n) is 10.7. The van der Waals surface area contributed by atoms with Gasteiger partial charge in [0.15, 0.2) is 0 Å². The number of ether oxygens (including phenoxy) is 2. The van der Waals surface area contributed by atoms with E-state index >= 15 is 0 Å². The molecule has 0 heterocycles. The van der Waals surface area contributed by atoms with Gasteiger partial charge in [-0.05, 0) is 6.42 Å². The maximum absolute atomic E-state index is 11.6. The largest absolute Gasteiger partial charge is 0.463 e. The molecule has 0 aromatic carbocycles. The quantitative estimate of drug-likeness (QED) is 0.257. The van der Waals surface area contributed by atoms with Crippen LogP contribution in [-0.4, -0.2) is 48.1 Å². The summed E-state index contributed by atoms with van der Waals surface area (Å²) in [5.41, 5.74) is 0. The Morgan fingerprint density at radius 1 is 0.704 bits per heavy atom. The summed E-state index contributed by atoms with van der Waals surface area (Å²) in [6.45, 7) is 1.03. The summed E-state index contributed by atoms with van der Waals surface area (Å²) in [7, 11) is 0. The van der Waals surface area contributed by atoms with Gasteiger partial charge in [0.2, 0.25) is 0 Å². The molecule has 0 aromatic heterocycles. The van der Waals surface area contributed by atoms with E-state index in [2.05, 4.69) is 11.7 Å². The van der Waals surface area contributed by atoms with Crippen LogP contribution in [0.3, 0.4) is 0 Å². The van der Waals surface area contributed by atoms with Crippen molar-refractivity contribution in [3.63, 3.8) is 0 Å². The second kappa shape index (κ2) is 19.6. The molecule has 2 N–H and O–H groups in total. The lowest BCUT2D eigenvalue weighted by Gasteiger charge is -2.11. The van der Waals surface area contributed by atoms with Gasteiger partial charge in [-0.3, -0.25) is 4.79 Å². The molecule has 0 saturated heterocycles. The van der Waals surface area contributed by atoms with Crippen LogP contribution in [0.25, 0.3) is 0 Å². The maximum atomic E-state index is 11.6. The van der Waals surface area contributed by atoms with Crippen molar-refractivity contribution in [3.8, 4) is 0 Å². The van der Waals surface area contributed by atoms with Gasteiger partial charge in [-0.1, -0.05) is 84.0 Å². The minimum Gasteiger partial charge on any atom is -0.463 e. The topological polar surface area (TPSA) is 93.1 Å². The molecule has 0 radical (unpaired) electrons. The molecule has 6 heteroatoms. The highest BCUT2D eigenvalue weighted by Gasteiger charge is 2.11. The van der Waals surface area contributed by atoms with Crippen molar-refractivity contribution in [1.82, 2.24) is 0 Å². The first-order valence-corrected chi connectivity index (χ1v) is 10.7. The SMILES string of the molecule is CCCCCCCCCCCCCCCC(=O)OC[C@@H](O)COC(=O)CO. The van der Waals surface area contributed by atoms with Gasteiger partial charge in [-0.2, -0.15) is 0 Å². The molecule has 0 aliphatic rings. The molecule has 0 fully saturated rings. The monoisotopic (exact) mass is 388 g/mol. The Hall–Kier alpha value is -1.14. The van der Waals surface area contributed by atoms with E-state index in [0.717, 1.165) is 19.3 Å². The van der Waals surface area contributed by atoms with Crippen LogP contribution in [0.5, 0.6) is 0 Å². The first-order chi connectivity index (χ1) is 13.1. The fourth-order valence-electron chi connectivity index (χ4n) is 2.83. The van der Waals surface area contributed by atoms with E-state index in [0.29, 0.717) is 6.42 Å². The standard InChI is InChI=1S/C21H40O6/c1-2-3-4-5-6-7-8-9-10-11-12-13-14-15-20(24)26-17-19(23)18-27-21(25)16-22/h19,22-23H,2-18H2,1H3/t19-/m1/s1. The molecule has 0 spiro atoms. The Balaban J connectivity index is 3.30. The molecule has 0 saturated carbocycles. The van der Waals surface area contributed by atoms with Crippen LogP contribution < -0.4 is 0 Å². The van der Waals surface area contributed by atoms with Crippen LogP contribution in [0.15, 0.2) is 0 Å². The average Bonchev–Trinajstić information content (AvgIpc) is 2.67. The van der Waals surface area contributed by atoms with E-state index in [1.807, 2.05) is 0 Å². The number of aliphatic hydroxyl groups excluding tert-OH is 2. The third kappa shape index (κ3) is 19.4. The van der Waals surface area contributed by atoms with Gasteiger partial charge >= 0.3 is 11.9 Å². The Bertz CT molecular complexity index is 359. The van der Waals surface area contributed by atoms with Crippen LogP contribution in [0.1, 0.15) is 96.8 Å². The fraction of sp³-hybridized carbons (Fsp3) is 0.905. The molecular weight excluding hydrogens is 348 g/mol. The summed E-state index contributed by atoms with van der Waals surface area (Å²) in [4.78, 5) is 22.3. The number of carbonyl (C=O) groups excluding carboxylic acids is 2. The van der Waals surface area contributed by atoms with Crippen molar-refractivity contribution >= 4 is 11.9 Å². The number of unbranched alkanes of at least 4 members (excludes halogenated alkanes) is 12. The number of rotatable bonds is 19. The smallest absolute Gasteiger partial charge is 0.331 e. The summed E-state index contributed by atoms with van der Waals surface area (Å²) in [6.07, 6.45) is 15.6. The number of hydrogen-bond donors (Lipinski definition) is 2. The van der Waals surface area contributed by atoms with Gasteiger partial charge in [0.25, 0.3) is 0 Å². The molecule has 0 aliphatic carbocycles. The van der Waals surface area contributed by atoms with Crippen molar-refractivity contribution in [2.24, 2.45) is 0 Å². The molecule has 6 nitrogen and oxygen atoms in total. The van der Waals surface area contributed by atoms with Gasteiger partial charge in [0.1, 0.15) is 25.9 Å². The minimum atomic E-state index is -1.06. The summed E-state index contributed by atoms with van der Waals surface area (Å²) in [5, 5.41) is 18.0. The molecule has 0 amide bonds. The number of carbonyl (C=O) groups is 2. The Kier molecular flexibility index (Phi) is 18.8. The van der Waals surface area contributed by atoms with Crippen LogP contribution in [0.2, 0.25) is 0 Å². The molecule has 0 aliphatic heterocycles. The van der Waals surface area contributed by atoms with Gasteiger partial charge in [0, 0.05) is 6.42 Å². The minimum absolute atomic E-state index is 0.198. The zero-order chi connectivity index (χ0) is 20.2. The fourth-order valence-corrected chi connectivity index (χ4v) is 2.83. The van der Waals surface area contributed by atoms with Crippen molar-refractivity contribution in [2.45, 2.75) is 103 Å². The van der Waals surface area contributed by atoms with Crippen molar-refractivity contribution in [2.75, 3.05) is 19.8 Å².